The van der Waals surface area contributed by atoms with E-state index in [0.717, 1.165) is 61.2 Å². The Balaban J connectivity index is 1.19. The number of rotatable bonds is 16. The second-order valence-corrected chi connectivity index (χ2v) is 16.6. The Hall–Kier alpha value is -0.730. The standard InChI is InChI=1S/C39H70O3/c1-7-8-9-10-11-12-13-14-15-27-41-37(40)42-32-23-25-38(5)31(28-32)19-20-33-35-22-21-34(30(4)18-16-17-29(2)3)39(35,6)26-24-36(33)38/h29-36H,7-28H2,1-6H3/t30-,31-,32+,33+,34+,35-,36+,38+,39-/m1/s1. The molecule has 42 heavy (non-hydrogen) atoms. The zero-order valence-electron chi connectivity index (χ0n) is 28.9. The third-order valence-electron chi connectivity index (χ3n) is 13.5. The average Bonchev–Trinajstić information content (AvgIpc) is 3.31. The molecule has 4 fully saturated rings. The van der Waals surface area contributed by atoms with Crippen LogP contribution in [0, 0.1) is 52.3 Å². The molecule has 244 valence electrons. The second-order valence-electron chi connectivity index (χ2n) is 16.6. The highest BCUT2D eigenvalue weighted by Crippen LogP contribution is 2.68. The van der Waals surface area contributed by atoms with E-state index in [-0.39, 0.29) is 6.10 Å². The van der Waals surface area contributed by atoms with Crippen molar-refractivity contribution in [1.82, 2.24) is 0 Å². The maximum absolute atomic E-state index is 12.5. The minimum absolute atomic E-state index is 0.0617. The number of carbonyl (C=O) groups is 1. The summed E-state index contributed by atoms with van der Waals surface area (Å²) in [5.41, 5.74) is 1.01. The van der Waals surface area contributed by atoms with Gasteiger partial charge in [-0.2, -0.15) is 0 Å². The van der Waals surface area contributed by atoms with Gasteiger partial charge in [0.25, 0.3) is 0 Å². The molecule has 0 aromatic carbocycles. The van der Waals surface area contributed by atoms with E-state index < -0.39 is 6.16 Å². The van der Waals surface area contributed by atoms with Gasteiger partial charge in [-0.3, -0.25) is 0 Å². The molecule has 4 saturated carbocycles. The van der Waals surface area contributed by atoms with E-state index in [4.69, 9.17) is 9.47 Å². The van der Waals surface area contributed by atoms with Gasteiger partial charge in [0.05, 0.1) is 6.61 Å². The summed E-state index contributed by atoms with van der Waals surface area (Å²) in [6, 6.07) is 0. The summed E-state index contributed by atoms with van der Waals surface area (Å²) in [6.45, 7) is 15.5. The lowest BCUT2D eigenvalue weighted by molar-refractivity contribution is -0.132. The Morgan fingerprint density at radius 3 is 2.12 bits per heavy atom. The minimum atomic E-state index is -0.412. The highest BCUT2D eigenvalue weighted by Gasteiger charge is 2.60. The average molecular weight is 587 g/mol. The van der Waals surface area contributed by atoms with Crippen molar-refractivity contribution >= 4 is 6.16 Å². The molecular weight excluding hydrogens is 516 g/mol. The smallest absolute Gasteiger partial charge is 0.434 e. The molecule has 0 bridgehead atoms. The van der Waals surface area contributed by atoms with E-state index >= 15 is 0 Å². The number of carbonyl (C=O) groups excluding carboxylic acids is 1. The van der Waals surface area contributed by atoms with Crippen LogP contribution in [-0.2, 0) is 9.47 Å². The predicted octanol–water partition coefficient (Wildman–Crippen LogP) is 12.2. The Morgan fingerprint density at radius 2 is 1.40 bits per heavy atom. The van der Waals surface area contributed by atoms with Crippen LogP contribution in [0.2, 0.25) is 0 Å². The molecule has 4 aliphatic carbocycles. The largest absolute Gasteiger partial charge is 0.508 e. The van der Waals surface area contributed by atoms with Gasteiger partial charge < -0.3 is 9.47 Å². The quantitative estimate of drug-likeness (QED) is 0.133. The summed E-state index contributed by atoms with van der Waals surface area (Å²) in [4.78, 5) is 12.5. The van der Waals surface area contributed by atoms with Crippen LogP contribution in [0.1, 0.15) is 176 Å². The number of hydrogen-bond donors (Lipinski definition) is 0. The first kappa shape index (κ1) is 34.1. The van der Waals surface area contributed by atoms with E-state index in [1.165, 1.54) is 109 Å². The van der Waals surface area contributed by atoms with E-state index in [2.05, 4.69) is 41.5 Å². The molecule has 4 aliphatic rings. The van der Waals surface area contributed by atoms with Gasteiger partial charge in [0, 0.05) is 0 Å². The second kappa shape index (κ2) is 16.0. The predicted molar refractivity (Wildman–Crippen MR) is 177 cm³/mol. The van der Waals surface area contributed by atoms with Crippen molar-refractivity contribution in [3.8, 4) is 0 Å². The molecule has 9 atom stereocenters. The molecule has 0 spiro atoms. The van der Waals surface area contributed by atoms with Crippen molar-refractivity contribution in [2.45, 2.75) is 182 Å². The van der Waals surface area contributed by atoms with E-state index in [1.807, 2.05) is 0 Å². The van der Waals surface area contributed by atoms with Crippen molar-refractivity contribution in [1.29, 1.82) is 0 Å². The number of ether oxygens (including phenoxy) is 2. The van der Waals surface area contributed by atoms with Crippen LogP contribution in [0.4, 0.5) is 4.79 Å². The van der Waals surface area contributed by atoms with Gasteiger partial charge in [-0.1, -0.05) is 112 Å². The first-order valence-electron chi connectivity index (χ1n) is 19.0. The molecular formula is C39H70O3. The van der Waals surface area contributed by atoms with Crippen LogP contribution < -0.4 is 0 Å². The fourth-order valence-electron chi connectivity index (χ4n) is 11.1. The topological polar surface area (TPSA) is 35.5 Å². The van der Waals surface area contributed by atoms with Crippen LogP contribution in [0.3, 0.4) is 0 Å². The molecule has 0 heterocycles. The highest BCUT2D eigenvalue weighted by molar-refractivity contribution is 5.60. The van der Waals surface area contributed by atoms with Gasteiger partial charge in [0.1, 0.15) is 6.10 Å². The van der Waals surface area contributed by atoms with Crippen molar-refractivity contribution < 1.29 is 14.3 Å². The number of unbranched alkanes of at least 4 members (excludes halogenated alkanes) is 8. The van der Waals surface area contributed by atoms with Crippen LogP contribution in [0.15, 0.2) is 0 Å². The van der Waals surface area contributed by atoms with Crippen LogP contribution in [0.5, 0.6) is 0 Å². The molecule has 0 amide bonds. The van der Waals surface area contributed by atoms with Crippen molar-refractivity contribution in [2.24, 2.45) is 52.3 Å². The highest BCUT2D eigenvalue weighted by atomic mass is 16.7. The monoisotopic (exact) mass is 587 g/mol. The lowest BCUT2D eigenvalue weighted by Gasteiger charge is -2.61. The van der Waals surface area contributed by atoms with Crippen molar-refractivity contribution in [3.63, 3.8) is 0 Å². The lowest BCUT2D eigenvalue weighted by Crippen LogP contribution is -2.54. The van der Waals surface area contributed by atoms with Gasteiger partial charge >= 0.3 is 6.16 Å². The van der Waals surface area contributed by atoms with Gasteiger partial charge in [-0.25, -0.2) is 4.79 Å². The summed E-state index contributed by atoms with van der Waals surface area (Å²) < 4.78 is 11.4. The van der Waals surface area contributed by atoms with Crippen LogP contribution >= 0.6 is 0 Å². The minimum Gasteiger partial charge on any atom is -0.434 e. The van der Waals surface area contributed by atoms with E-state index in [1.54, 1.807) is 0 Å². The van der Waals surface area contributed by atoms with E-state index in [9.17, 15) is 4.79 Å². The summed E-state index contributed by atoms with van der Waals surface area (Å²) in [7, 11) is 0. The van der Waals surface area contributed by atoms with Crippen LogP contribution in [0.25, 0.3) is 0 Å². The van der Waals surface area contributed by atoms with Gasteiger partial charge in [0.2, 0.25) is 0 Å². The Labute approximate surface area is 261 Å². The number of fused-ring (bicyclic) bond motifs is 5. The first-order valence-corrected chi connectivity index (χ1v) is 19.0. The third kappa shape index (κ3) is 8.29. The number of hydrogen-bond acceptors (Lipinski definition) is 3. The SMILES string of the molecule is CCCCCCCCCCCOC(=O)O[C@H]1CC[C@@]2(C)[C@H](CC[C@H]3[C@H]4CC[C@@H]([C@H](C)CCCC(C)C)[C@@]4(C)CC[C@@H]32)C1. The van der Waals surface area contributed by atoms with Gasteiger partial charge in [0.15, 0.2) is 0 Å². The third-order valence-corrected chi connectivity index (χ3v) is 13.5. The molecule has 0 aromatic heterocycles. The van der Waals surface area contributed by atoms with Gasteiger partial charge in [-0.15, -0.1) is 0 Å². The first-order chi connectivity index (χ1) is 20.2. The molecule has 0 radical (unpaired) electrons. The van der Waals surface area contributed by atoms with Gasteiger partial charge in [-0.05, 0) is 116 Å². The normalized spacial score (nSPS) is 36.6. The van der Waals surface area contributed by atoms with E-state index in [0.29, 0.717) is 23.4 Å². The fourth-order valence-corrected chi connectivity index (χ4v) is 11.1. The van der Waals surface area contributed by atoms with Crippen LogP contribution in [-0.4, -0.2) is 18.9 Å². The maximum Gasteiger partial charge on any atom is 0.508 e. The summed E-state index contributed by atoms with van der Waals surface area (Å²) in [6.07, 6.45) is 27.3. The molecule has 3 heteroatoms. The molecule has 0 N–H and O–H groups in total. The molecule has 0 unspecified atom stereocenters. The zero-order chi connectivity index (χ0) is 30.2. The Bertz CT molecular complexity index is 807. The molecule has 0 aliphatic heterocycles. The maximum atomic E-state index is 12.5. The lowest BCUT2D eigenvalue weighted by atomic mass is 9.44. The molecule has 4 rings (SSSR count). The molecule has 0 saturated heterocycles. The summed E-state index contributed by atoms with van der Waals surface area (Å²) >= 11 is 0. The fraction of sp³-hybridized carbons (Fsp3) is 0.974. The van der Waals surface area contributed by atoms with Crippen molar-refractivity contribution in [2.75, 3.05) is 6.61 Å². The van der Waals surface area contributed by atoms with Crippen molar-refractivity contribution in [3.05, 3.63) is 0 Å². The Kier molecular flexibility index (Phi) is 13.0. The summed E-state index contributed by atoms with van der Waals surface area (Å²) in [5.74, 6) is 6.11. The molecule has 3 nitrogen and oxygen atoms in total. The zero-order valence-corrected chi connectivity index (χ0v) is 28.9. The Morgan fingerprint density at radius 1 is 0.738 bits per heavy atom. The molecule has 0 aromatic rings. The summed E-state index contributed by atoms with van der Waals surface area (Å²) in [5, 5.41) is 0.